The van der Waals surface area contributed by atoms with E-state index < -0.39 is 41.9 Å². The number of aliphatic hydroxyl groups excluding tert-OH is 3. The van der Waals surface area contributed by atoms with E-state index >= 15 is 0 Å². The summed E-state index contributed by atoms with van der Waals surface area (Å²) in [6.45, 7) is 6.62. The lowest BCUT2D eigenvalue weighted by molar-refractivity contribution is -0.284. The number of aliphatic carboxylic acids is 1. The number of carboxylic acid groups (broad SMARTS) is 1. The van der Waals surface area contributed by atoms with Crippen molar-refractivity contribution in [3.05, 3.63) is 0 Å². The number of aliphatic hydroxyl groups is 3. The normalized spacial score (nSPS) is 46.1. The molecule has 32 heavy (non-hydrogen) atoms. The van der Waals surface area contributed by atoms with Crippen LogP contribution >= 0.6 is 0 Å². The zero-order valence-electron chi connectivity index (χ0n) is 19.1. The first kappa shape index (κ1) is 25.3. The predicted molar refractivity (Wildman–Crippen MR) is 112 cm³/mol. The monoisotopic (exact) mass is 459 g/mol. The van der Waals surface area contributed by atoms with Gasteiger partial charge in [-0.15, -0.1) is 0 Å². The van der Waals surface area contributed by atoms with Crippen molar-refractivity contribution in [2.24, 2.45) is 29.6 Å². The van der Waals surface area contributed by atoms with E-state index in [0.29, 0.717) is 6.42 Å². The second kappa shape index (κ2) is 9.90. The molecule has 0 bridgehead atoms. The lowest BCUT2D eigenvalue weighted by Gasteiger charge is -2.62. The van der Waals surface area contributed by atoms with Gasteiger partial charge in [0, 0.05) is 25.4 Å². The second-order valence-corrected chi connectivity index (χ2v) is 9.82. The Balaban J connectivity index is 1.71. The summed E-state index contributed by atoms with van der Waals surface area (Å²) in [5.74, 6) is -2.12. The lowest BCUT2D eigenvalue weighted by Crippen LogP contribution is -2.72. The van der Waals surface area contributed by atoms with Gasteiger partial charge in [-0.3, -0.25) is 4.79 Å². The van der Waals surface area contributed by atoms with Crippen LogP contribution in [0.15, 0.2) is 0 Å². The van der Waals surface area contributed by atoms with Gasteiger partial charge in [0.25, 0.3) is 0 Å². The van der Waals surface area contributed by atoms with Crippen LogP contribution in [-0.2, 0) is 23.8 Å². The molecule has 3 aliphatic rings. The fourth-order valence-corrected chi connectivity index (χ4v) is 6.00. The molecular formula is C22H37NO9. The number of carboxylic acids is 1. The van der Waals surface area contributed by atoms with Gasteiger partial charge >= 0.3 is 5.97 Å². The van der Waals surface area contributed by atoms with Crippen LogP contribution in [0, 0.1) is 29.6 Å². The van der Waals surface area contributed by atoms with E-state index in [-0.39, 0.29) is 62.0 Å². The SMILES string of the molecule is CC(=O)NC1[C@H](CO)OC(CO)[C@@H]2[C@H]1CC2(C)OC[C@@H]1OC(C(=O)O)[C@@H](CO)[C@@H](C)C1C. The molecule has 184 valence electrons. The van der Waals surface area contributed by atoms with Crippen molar-refractivity contribution in [3.63, 3.8) is 0 Å². The van der Waals surface area contributed by atoms with Crippen LogP contribution in [0.1, 0.15) is 34.1 Å². The Bertz CT molecular complexity index is 690. The van der Waals surface area contributed by atoms with E-state index in [9.17, 15) is 30.0 Å². The third-order valence-corrected chi connectivity index (χ3v) is 7.98. The number of fused-ring (bicyclic) bond motifs is 1. The van der Waals surface area contributed by atoms with Gasteiger partial charge in [-0.1, -0.05) is 13.8 Å². The van der Waals surface area contributed by atoms with Gasteiger partial charge in [0.15, 0.2) is 6.10 Å². The summed E-state index contributed by atoms with van der Waals surface area (Å²) < 4.78 is 18.0. The average Bonchev–Trinajstić information content (AvgIpc) is 2.73. The van der Waals surface area contributed by atoms with Crippen molar-refractivity contribution < 1.29 is 44.2 Å². The van der Waals surface area contributed by atoms with E-state index in [0.717, 1.165) is 0 Å². The van der Waals surface area contributed by atoms with Crippen LogP contribution in [0.4, 0.5) is 0 Å². The number of ether oxygens (including phenoxy) is 3. The third kappa shape index (κ3) is 4.53. The molecular weight excluding hydrogens is 422 g/mol. The van der Waals surface area contributed by atoms with E-state index in [1.807, 2.05) is 20.8 Å². The molecule has 2 heterocycles. The summed E-state index contributed by atoms with van der Waals surface area (Å²) in [6.07, 6.45) is -2.11. The zero-order valence-corrected chi connectivity index (χ0v) is 19.1. The van der Waals surface area contributed by atoms with Crippen LogP contribution in [0.5, 0.6) is 0 Å². The molecule has 1 aliphatic carbocycles. The molecule has 1 saturated carbocycles. The molecule has 1 amide bonds. The van der Waals surface area contributed by atoms with Crippen molar-refractivity contribution in [3.8, 4) is 0 Å². The molecule has 3 fully saturated rings. The molecule has 2 saturated heterocycles. The van der Waals surface area contributed by atoms with Crippen LogP contribution in [-0.4, -0.2) is 94.8 Å². The Morgan fingerprint density at radius 1 is 1.03 bits per heavy atom. The molecule has 0 aromatic heterocycles. The van der Waals surface area contributed by atoms with Crippen molar-refractivity contribution in [2.45, 2.75) is 70.2 Å². The van der Waals surface area contributed by atoms with E-state index in [1.165, 1.54) is 6.92 Å². The predicted octanol–water partition coefficient (Wildman–Crippen LogP) is -0.613. The molecule has 0 radical (unpaired) electrons. The minimum atomic E-state index is -1.10. The van der Waals surface area contributed by atoms with Gasteiger partial charge in [-0.2, -0.15) is 0 Å². The van der Waals surface area contributed by atoms with Crippen molar-refractivity contribution >= 4 is 11.9 Å². The largest absolute Gasteiger partial charge is 0.479 e. The highest BCUT2D eigenvalue weighted by molar-refractivity contribution is 5.73. The maximum Gasteiger partial charge on any atom is 0.333 e. The standard InChI is InChI=1S/C22H37NO9/c1-10-11(2)17(32-20(21(28)29)14(10)6-24)9-30-22(4)5-13-18(22)15(7-25)31-16(8-26)19(13)23-12(3)27/h10-11,13-20,24-26H,5-9H2,1-4H3,(H,23,27)(H,28,29)/t10-,11?,13+,14-,15?,16-,17-,18-,19?,20?,22?/m0/s1. The number of nitrogens with one attached hydrogen (secondary N) is 1. The molecule has 0 aromatic rings. The Labute approximate surface area is 188 Å². The quantitative estimate of drug-likeness (QED) is 0.320. The van der Waals surface area contributed by atoms with Gasteiger partial charge in [-0.05, 0) is 31.1 Å². The summed E-state index contributed by atoms with van der Waals surface area (Å²) >= 11 is 0. The molecule has 11 atom stereocenters. The van der Waals surface area contributed by atoms with Crippen molar-refractivity contribution in [1.82, 2.24) is 5.32 Å². The van der Waals surface area contributed by atoms with Crippen LogP contribution < -0.4 is 5.32 Å². The highest BCUT2D eigenvalue weighted by atomic mass is 16.6. The minimum Gasteiger partial charge on any atom is -0.479 e. The number of carbonyl (C=O) groups is 2. The molecule has 5 unspecified atom stereocenters. The summed E-state index contributed by atoms with van der Waals surface area (Å²) in [6, 6.07) is -0.381. The molecule has 0 aromatic carbocycles. The van der Waals surface area contributed by atoms with Gasteiger partial charge in [0.05, 0.1) is 43.7 Å². The van der Waals surface area contributed by atoms with E-state index in [1.54, 1.807) is 0 Å². The van der Waals surface area contributed by atoms with E-state index in [2.05, 4.69) is 5.32 Å². The van der Waals surface area contributed by atoms with Crippen LogP contribution in [0.2, 0.25) is 0 Å². The number of rotatable bonds is 8. The topological polar surface area (TPSA) is 155 Å². The van der Waals surface area contributed by atoms with Crippen molar-refractivity contribution in [1.29, 1.82) is 0 Å². The van der Waals surface area contributed by atoms with Crippen LogP contribution in [0.25, 0.3) is 0 Å². The Hall–Kier alpha value is -1.30. The minimum absolute atomic E-state index is 0.0237. The van der Waals surface area contributed by atoms with Gasteiger partial charge in [0.1, 0.15) is 6.10 Å². The fourth-order valence-electron chi connectivity index (χ4n) is 6.00. The zero-order chi connectivity index (χ0) is 23.8. The summed E-state index contributed by atoms with van der Waals surface area (Å²) in [5.41, 5.74) is -0.659. The third-order valence-electron chi connectivity index (χ3n) is 7.98. The number of hydrogen-bond acceptors (Lipinski definition) is 8. The van der Waals surface area contributed by atoms with Crippen LogP contribution in [0.3, 0.4) is 0 Å². The Morgan fingerprint density at radius 2 is 1.69 bits per heavy atom. The maximum atomic E-state index is 11.7. The van der Waals surface area contributed by atoms with Crippen molar-refractivity contribution in [2.75, 3.05) is 26.4 Å². The Kier molecular flexibility index (Phi) is 7.84. The highest BCUT2D eigenvalue weighted by Crippen LogP contribution is 2.54. The smallest absolute Gasteiger partial charge is 0.333 e. The molecule has 0 spiro atoms. The summed E-state index contributed by atoms with van der Waals surface area (Å²) in [7, 11) is 0. The summed E-state index contributed by atoms with van der Waals surface area (Å²) in [5, 5.41) is 41.7. The summed E-state index contributed by atoms with van der Waals surface area (Å²) in [4.78, 5) is 23.4. The molecule has 5 N–H and O–H groups in total. The second-order valence-electron chi connectivity index (χ2n) is 9.82. The fraction of sp³-hybridized carbons (Fsp3) is 0.909. The lowest BCUT2D eigenvalue weighted by atomic mass is 9.55. The molecule has 3 rings (SSSR count). The van der Waals surface area contributed by atoms with E-state index in [4.69, 9.17) is 14.2 Å². The number of amides is 1. The average molecular weight is 460 g/mol. The molecule has 2 aliphatic heterocycles. The highest BCUT2D eigenvalue weighted by Gasteiger charge is 2.62. The van der Waals surface area contributed by atoms with Gasteiger partial charge in [0.2, 0.25) is 5.91 Å². The van der Waals surface area contributed by atoms with Gasteiger partial charge in [-0.25, -0.2) is 4.79 Å². The number of hydrogen-bond donors (Lipinski definition) is 5. The Morgan fingerprint density at radius 3 is 2.22 bits per heavy atom. The number of carbonyl (C=O) groups excluding carboxylic acids is 1. The first-order valence-electron chi connectivity index (χ1n) is 11.3. The maximum absolute atomic E-state index is 11.7. The first-order chi connectivity index (χ1) is 15.1. The van der Waals surface area contributed by atoms with Gasteiger partial charge < -0.3 is 40.0 Å². The molecule has 10 nitrogen and oxygen atoms in total. The first-order valence-corrected chi connectivity index (χ1v) is 11.3. The molecule has 10 heteroatoms.